The van der Waals surface area contributed by atoms with Crippen molar-refractivity contribution in [1.29, 1.82) is 0 Å². The van der Waals surface area contributed by atoms with Crippen LogP contribution in [-0.4, -0.2) is 46.7 Å². The molecule has 1 aromatic heterocycles. The van der Waals surface area contributed by atoms with Gasteiger partial charge in [0.25, 0.3) is 0 Å². The van der Waals surface area contributed by atoms with E-state index in [2.05, 4.69) is 4.98 Å². The van der Waals surface area contributed by atoms with Crippen LogP contribution < -0.4 is 0 Å². The molecule has 0 radical (unpaired) electrons. The molecule has 3 rings (SSSR count). The fraction of sp³-hybridized carbons (Fsp3) is 0.429. The molecule has 1 aliphatic rings. The molecule has 0 bridgehead atoms. The highest BCUT2D eigenvalue weighted by Gasteiger charge is 2.24. The Morgan fingerprint density at radius 1 is 1.32 bits per heavy atom. The molecule has 19 heavy (non-hydrogen) atoms. The third-order valence-electron chi connectivity index (χ3n) is 3.58. The standard InChI is InChI=1S/C14H17N3O2/c1-11(14(18)16-6-8-19-9-7-16)17-10-15-12-4-2-3-5-13(12)17/h2-5,10-11H,6-9H2,1H3. The summed E-state index contributed by atoms with van der Waals surface area (Å²) in [5, 5.41) is 0. The van der Waals surface area contributed by atoms with Gasteiger partial charge >= 0.3 is 0 Å². The molecular formula is C14H17N3O2. The Bertz CT molecular complexity index is 587. The summed E-state index contributed by atoms with van der Waals surface area (Å²) in [5.41, 5.74) is 1.92. The third-order valence-corrected chi connectivity index (χ3v) is 3.58. The number of benzene rings is 1. The Morgan fingerprint density at radius 3 is 2.84 bits per heavy atom. The first kappa shape index (κ1) is 12.2. The summed E-state index contributed by atoms with van der Waals surface area (Å²) in [6.07, 6.45) is 1.74. The van der Waals surface area contributed by atoms with Crippen molar-refractivity contribution < 1.29 is 9.53 Å². The van der Waals surface area contributed by atoms with Crippen molar-refractivity contribution in [2.24, 2.45) is 0 Å². The maximum Gasteiger partial charge on any atom is 0.245 e. The number of imidazole rings is 1. The summed E-state index contributed by atoms with van der Waals surface area (Å²) in [7, 11) is 0. The second-order valence-electron chi connectivity index (χ2n) is 4.75. The zero-order chi connectivity index (χ0) is 13.2. The molecule has 1 aliphatic heterocycles. The fourth-order valence-electron chi connectivity index (χ4n) is 2.45. The average Bonchev–Trinajstić information content (AvgIpc) is 2.90. The maximum atomic E-state index is 12.5. The van der Waals surface area contributed by atoms with Crippen LogP contribution in [0, 0.1) is 0 Å². The minimum atomic E-state index is -0.231. The van der Waals surface area contributed by atoms with Crippen LogP contribution in [0.25, 0.3) is 11.0 Å². The number of aromatic nitrogens is 2. The van der Waals surface area contributed by atoms with Crippen LogP contribution in [0.2, 0.25) is 0 Å². The van der Waals surface area contributed by atoms with Gasteiger partial charge in [0.1, 0.15) is 6.04 Å². The topological polar surface area (TPSA) is 47.4 Å². The van der Waals surface area contributed by atoms with Gasteiger partial charge in [0.2, 0.25) is 5.91 Å². The van der Waals surface area contributed by atoms with E-state index in [1.165, 1.54) is 0 Å². The first-order valence-corrected chi connectivity index (χ1v) is 6.55. The highest BCUT2D eigenvalue weighted by molar-refractivity contribution is 5.83. The van der Waals surface area contributed by atoms with E-state index >= 15 is 0 Å². The number of morpholine rings is 1. The lowest BCUT2D eigenvalue weighted by Gasteiger charge is -2.29. The molecule has 0 spiro atoms. The van der Waals surface area contributed by atoms with Crippen LogP contribution in [0.15, 0.2) is 30.6 Å². The number of carbonyl (C=O) groups is 1. The number of nitrogens with zero attached hydrogens (tertiary/aromatic N) is 3. The fourth-order valence-corrected chi connectivity index (χ4v) is 2.45. The number of rotatable bonds is 2. The number of hydrogen-bond donors (Lipinski definition) is 0. The van der Waals surface area contributed by atoms with Gasteiger partial charge in [-0.25, -0.2) is 4.98 Å². The quantitative estimate of drug-likeness (QED) is 0.820. The van der Waals surface area contributed by atoms with E-state index in [0.29, 0.717) is 26.3 Å². The summed E-state index contributed by atoms with van der Waals surface area (Å²) in [6.45, 7) is 4.53. The van der Waals surface area contributed by atoms with Crippen molar-refractivity contribution in [3.63, 3.8) is 0 Å². The summed E-state index contributed by atoms with van der Waals surface area (Å²) in [5.74, 6) is 0.131. The van der Waals surface area contributed by atoms with E-state index in [9.17, 15) is 4.79 Å². The molecule has 2 aromatic rings. The van der Waals surface area contributed by atoms with Gasteiger partial charge in [-0.3, -0.25) is 4.79 Å². The Labute approximate surface area is 111 Å². The first-order valence-electron chi connectivity index (χ1n) is 6.55. The number of fused-ring (bicyclic) bond motifs is 1. The van der Waals surface area contributed by atoms with Crippen LogP contribution in [-0.2, 0) is 9.53 Å². The molecule has 1 amide bonds. The molecule has 1 unspecified atom stereocenters. The number of hydrogen-bond acceptors (Lipinski definition) is 3. The first-order chi connectivity index (χ1) is 9.27. The van der Waals surface area contributed by atoms with E-state index in [-0.39, 0.29) is 11.9 Å². The summed E-state index contributed by atoms with van der Waals surface area (Å²) in [4.78, 5) is 18.7. The number of carbonyl (C=O) groups excluding carboxylic acids is 1. The zero-order valence-corrected chi connectivity index (χ0v) is 11.0. The minimum Gasteiger partial charge on any atom is -0.378 e. The molecule has 1 atom stereocenters. The van der Waals surface area contributed by atoms with Gasteiger partial charge in [-0.15, -0.1) is 0 Å². The molecule has 0 N–H and O–H groups in total. The normalized spacial score (nSPS) is 17.6. The van der Waals surface area contributed by atoms with E-state index < -0.39 is 0 Å². The molecule has 0 aliphatic carbocycles. The highest BCUT2D eigenvalue weighted by atomic mass is 16.5. The van der Waals surface area contributed by atoms with Gasteiger partial charge < -0.3 is 14.2 Å². The van der Waals surface area contributed by atoms with Gasteiger partial charge in [0, 0.05) is 13.1 Å². The molecular weight excluding hydrogens is 242 g/mol. The highest BCUT2D eigenvalue weighted by Crippen LogP contribution is 2.19. The van der Waals surface area contributed by atoms with Gasteiger partial charge in [0.05, 0.1) is 30.6 Å². The zero-order valence-electron chi connectivity index (χ0n) is 11.0. The number of ether oxygens (including phenoxy) is 1. The monoisotopic (exact) mass is 259 g/mol. The molecule has 1 aromatic carbocycles. The SMILES string of the molecule is CC(C(=O)N1CCOCC1)n1cnc2ccccc21. The molecule has 5 heteroatoms. The van der Waals surface area contributed by atoms with E-state index in [0.717, 1.165) is 11.0 Å². The summed E-state index contributed by atoms with van der Waals surface area (Å²) >= 11 is 0. The number of para-hydroxylation sites is 2. The summed E-state index contributed by atoms with van der Waals surface area (Å²) in [6, 6.07) is 7.63. The Hall–Kier alpha value is -1.88. The number of amides is 1. The molecule has 0 saturated carbocycles. The van der Waals surface area contributed by atoms with E-state index in [4.69, 9.17) is 4.74 Å². The van der Waals surface area contributed by atoms with Gasteiger partial charge in [-0.1, -0.05) is 12.1 Å². The summed E-state index contributed by atoms with van der Waals surface area (Å²) < 4.78 is 7.22. The van der Waals surface area contributed by atoms with Crippen molar-refractivity contribution in [3.05, 3.63) is 30.6 Å². The Morgan fingerprint density at radius 2 is 2.05 bits per heavy atom. The maximum absolute atomic E-state index is 12.5. The lowest BCUT2D eigenvalue weighted by molar-refractivity contribution is -0.138. The van der Waals surface area contributed by atoms with Crippen molar-refractivity contribution in [2.45, 2.75) is 13.0 Å². The van der Waals surface area contributed by atoms with Crippen LogP contribution >= 0.6 is 0 Å². The molecule has 1 saturated heterocycles. The lowest BCUT2D eigenvalue weighted by atomic mass is 10.2. The Balaban J connectivity index is 1.86. The van der Waals surface area contributed by atoms with Crippen molar-refractivity contribution >= 4 is 16.9 Å². The predicted molar refractivity (Wildman–Crippen MR) is 71.8 cm³/mol. The van der Waals surface area contributed by atoms with Crippen LogP contribution in [0.4, 0.5) is 0 Å². The van der Waals surface area contributed by atoms with Crippen LogP contribution in [0.1, 0.15) is 13.0 Å². The van der Waals surface area contributed by atoms with E-state index in [1.54, 1.807) is 6.33 Å². The predicted octanol–water partition coefficient (Wildman–Crippen LogP) is 1.46. The second-order valence-corrected chi connectivity index (χ2v) is 4.75. The van der Waals surface area contributed by atoms with Gasteiger partial charge in [-0.05, 0) is 19.1 Å². The largest absolute Gasteiger partial charge is 0.378 e. The molecule has 2 heterocycles. The average molecular weight is 259 g/mol. The van der Waals surface area contributed by atoms with Crippen LogP contribution in [0.5, 0.6) is 0 Å². The third kappa shape index (κ3) is 2.21. The second kappa shape index (κ2) is 5.01. The van der Waals surface area contributed by atoms with Gasteiger partial charge in [-0.2, -0.15) is 0 Å². The van der Waals surface area contributed by atoms with E-state index in [1.807, 2.05) is 40.7 Å². The molecule has 100 valence electrons. The van der Waals surface area contributed by atoms with Crippen molar-refractivity contribution in [2.75, 3.05) is 26.3 Å². The molecule has 1 fully saturated rings. The lowest BCUT2D eigenvalue weighted by Crippen LogP contribution is -2.43. The Kier molecular flexibility index (Phi) is 3.21. The minimum absolute atomic E-state index is 0.131. The van der Waals surface area contributed by atoms with Gasteiger partial charge in [0.15, 0.2) is 0 Å². The van der Waals surface area contributed by atoms with Crippen LogP contribution in [0.3, 0.4) is 0 Å². The van der Waals surface area contributed by atoms with Crippen molar-refractivity contribution in [3.8, 4) is 0 Å². The van der Waals surface area contributed by atoms with Crippen molar-refractivity contribution in [1.82, 2.24) is 14.5 Å². The smallest absolute Gasteiger partial charge is 0.245 e. The molecule has 5 nitrogen and oxygen atoms in total.